The van der Waals surface area contributed by atoms with E-state index in [1.54, 1.807) is 0 Å². The van der Waals surface area contributed by atoms with E-state index < -0.39 is 0 Å². The fraction of sp³-hybridized carbons (Fsp3) is 0.600. The van der Waals surface area contributed by atoms with Crippen LogP contribution in [0.3, 0.4) is 0 Å². The third kappa shape index (κ3) is 1.73. The van der Waals surface area contributed by atoms with Crippen molar-refractivity contribution < 1.29 is 0 Å². The first-order valence-electron chi connectivity index (χ1n) is 4.21. The Morgan fingerprint density at radius 1 is 1.60 bits per heavy atom. The minimum atomic E-state index is 1.12. The van der Waals surface area contributed by atoms with Crippen LogP contribution in [-0.4, -0.2) is 0 Å². The quantitative estimate of drug-likeness (QED) is 0.545. The van der Waals surface area contributed by atoms with Gasteiger partial charge in [-0.25, -0.2) is 0 Å². The number of hydrogen-bond donors (Lipinski definition) is 0. The highest BCUT2D eigenvalue weighted by Gasteiger charge is 2.04. The van der Waals surface area contributed by atoms with Crippen LogP contribution < -0.4 is 0 Å². The molecule has 0 spiro atoms. The van der Waals surface area contributed by atoms with E-state index >= 15 is 0 Å². The lowest BCUT2D eigenvalue weighted by atomic mass is 9.93. The molecule has 56 valence electrons. The maximum atomic E-state index is 4.03. The summed E-state index contributed by atoms with van der Waals surface area (Å²) in [5, 5.41) is 0. The monoisotopic (exact) mass is 136 g/mol. The predicted molar refractivity (Wildman–Crippen MR) is 46.0 cm³/mol. The summed E-state index contributed by atoms with van der Waals surface area (Å²) < 4.78 is 0. The Labute approximate surface area is 63.6 Å². The van der Waals surface area contributed by atoms with E-state index in [4.69, 9.17) is 0 Å². The van der Waals surface area contributed by atoms with Crippen molar-refractivity contribution in [3.8, 4) is 0 Å². The Kier molecular flexibility index (Phi) is 2.73. The summed E-state index contributed by atoms with van der Waals surface area (Å²) in [4.78, 5) is 0. The van der Waals surface area contributed by atoms with Crippen LogP contribution in [0.25, 0.3) is 0 Å². The maximum Gasteiger partial charge on any atom is -0.0279 e. The van der Waals surface area contributed by atoms with E-state index in [0.29, 0.717) is 0 Å². The second-order valence-electron chi connectivity index (χ2n) is 2.93. The molecule has 10 heavy (non-hydrogen) atoms. The first-order valence-corrected chi connectivity index (χ1v) is 4.21. The fourth-order valence-electron chi connectivity index (χ4n) is 1.39. The van der Waals surface area contributed by atoms with Gasteiger partial charge in [-0.15, -0.1) is 0 Å². The molecule has 0 aromatic heterocycles. The lowest BCUT2D eigenvalue weighted by Crippen LogP contribution is -1.93. The van der Waals surface area contributed by atoms with Crippen molar-refractivity contribution in [2.45, 2.75) is 39.0 Å². The number of hydrogen-bond acceptors (Lipinski definition) is 0. The molecule has 0 saturated heterocycles. The summed E-state index contributed by atoms with van der Waals surface area (Å²) >= 11 is 0. The average molecular weight is 136 g/mol. The molecule has 1 aliphatic carbocycles. The van der Waals surface area contributed by atoms with Crippen LogP contribution in [0.2, 0.25) is 0 Å². The van der Waals surface area contributed by atoms with Crippen molar-refractivity contribution in [3.05, 3.63) is 23.8 Å². The van der Waals surface area contributed by atoms with Crippen molar-refractivity contribution >= 4 is 0 Å². The Balaban J connectivity index is 2.53. The fourth-order valence-corrected chi connectivity index (χ4v) is 1.39. The number of allylic oxidation sites excluding steroid dienone is 3. The van der Waals surface area contributed by atoms with Crippen LogP contribution in [0.5, 0.6) is 0 Å². The molecule has 1 rings (SSSR count). The molecule has 0 atom stereocenters. The summed E-state index contributed by atoms with van der Waals surface area (Å²) in [5.41, 5.74) is 2.87. The van der Waals surface area contributed by atoms with Gasteiger partial charge in [0.25, 0.3) is 0 Å². The summed E-state index contributed by atoms with van der Waals surface area (Å²) in [7, 11) is 0. The normalized spacial score (nSPS) is 18.3. The third-order valence-corrected chi connectivity index (χ3v) is 2.17. The Morgan fingerprint density at radius 2 is 2.40 bits per heavy atom. The van der Waals surface area contributed by atoms with Gasteiger partial charge in [0.1, 0.15) is 0 Å². The molecule has 0 aromatic rings. The molecule has 0 aromatic carbocycles. The lowest BCUT2D eigenvalue weighted by Gasteiger charge is -2.13. The first kappa shape index (κ1) is 7.59. The standard InChI is InChI=1S/C10H16/c1-3-9(2)10-7-5-4-6-8-10/h7H,2-6,8H2,1H3. The van der Waals surface area contributed by atoms with Crippen LogP contribution in [0.4, 0.5) is 0 Å². The van der Waals surface area contributed by atoms with E-state index in [0.717, 1.165) is 6.42 Å². The van der Waals surface area contributed by atoms with Gasteiger partial charge in [-0.2, -0.15) is 0 Å². The molecule has 1 aliphatic rings. The van der Waals surface area contributed by atoms with Gasteiger partial charge in [-0.1, -0.05) is 25.2 Å². The summed E-state index contributed by atoms with van der Waals surface area (Å²) in [5.74, 6) is 0. The zero-order chi connectivity index (χ0) is 7.40. The van der Waals surface area contributed by atoms with Gasteiger partial charge in [0.05, 0.1) is 0 Å². The number of rotatable bonds is 2. The molecule has 0 heteroatoms. The minimum Gasteiger partial charge on any atom is -0.0956 e. The zero-order valence-electron chi connectivity index (χ0n) is 6.82. The van der Waals surface area contributed by atoms with Gasteiger partial charge in [0, 0.05) is 0 Å². The largest absolute Gasteiger partial charge is 0.0956 e. The van der Waals surface area contributed by atoms with Crippen LogP contribution in [0.15, 0.2) is 23.8 Å². The third-order valence-electron chi connectivity index (χ3n) is 2.17. The van der Waals surface area contributed by atoms with Gasteiger partial charge in [0.15, 0.2) is 0 Å². The van der Waals surface area contributed by atoms with Gasteiger partial charge in [-0.05, 0) is 37.7 Å². The topological polar surface area (TPSA) is 0 Å². The molecule has 0 fully saturated rings. The van der Waals surface area contributed by atoms with Crippen LogP contribution in [0.1, 0.15) is 39.0 Å². The maximum absolute atomic E-state index is 4.03. The highest BCUT2D eigenvalue weighted by atomic mass is 14.1. The summed E-state index contributed by atoms with van der Waals surface area (Å²) in [6.07, 6.45) is 8.76. The van der Waals surface area contributed by atoms with Crippen molar-refractivity contribution in [2.24, 2.45) is 0 Å². The average Bonchev–Trinajstić information content (AvgIpc) is 2.05. The molecule has 0 radical (unpaired) electrons. The second-order valence-corrected chi connectivity index (χ2v) is 2.93. The van der Waals surface area contributed by atoms with Crippen molar-refractivity contribution in [2.75, 3.05) is 0 Å². The highest BCUT2D eigenvalue weighted by molar-refractivity contribution is 5.28. The van der Waals surface area contributed by atoms with Gasteiger partial charge in [0.2, 0.25) is 0 Å². The van der Waals surface area contributed by atoms with E-state index in [9.17, 15) is 0 Å². The first-order chi connectivity index (χ1) is 4.84. The van der Waals surface area contributed by atoms with E-state index in [-0.39, 0.29) is 0 Å². The molecule has 0 saturated carbocycles. The van der Waals surface area contributed by atoms with Gasteiger partial charge >= 0.3 is 0 Å². The molecule has 0 heterocycles. The molecule has 0 aliphatic heterocycles. The lowest BCUT2D eigenvalue weighted by molar-refractivity contribution is 0.702. The highest BCUT2D eigenvalue weighted by Crippen LogP contribution is 2.24. The molecule has 0 bridgehead atoms. The second kappa shape index (κ2) is 3.60. The van der Waals surface area contributed by atoms with E-state index in [2.05, 4.69) is 19.6 Å². The van der Waals surface area contributed by atoms with Gasteiger partial charge in [-0.3, -0.25) is 0 Å². The molecule has 0 nitrogen and oxygen atoms in total. The summed E-state index contributed by atoms with van der Waals surface area (Å²) in [6, 6.07) is 0. The SMILES string of the molecule is C=C(CC)C1=CCCCC1. The van der Waals surface area contributed by atoms with Gasteiger partial charge < -0.3 is 0 Å². The molecular weight excluding hydrogens is 120 g/mol. The minimum absolute atomic E-state index is 1.12. The Bertz CT molecular complexity index is 151. The molecular formula is C10H16. The Hall–Kier alpha value is -0.520. The molecule has 0 amide bonds. The predicted octanol–water partition coefficient (Wildman–Crippen LogP) is 3.45. The summed E-state index contributed by atoms with van der Waals surface area (Å²) in [6.45, 7) is 6.21. The molecule has 0 unspecified atom stereocenters. The molecule has 0 N–H and O–H groups in total. The van der Waals surface area contributed by atoms with Crippen LogP contribution >= 0.6 is 0 Å². The van der Waals surface area contributed by atoms with Crippen molar-refractivity contribution in [1.29, 1.82) is 0 Å². The zero-order valence-corrected chi connectivity index (χ0v) is 6.82. The van der Waals surface area contributed by atoms with Crippen LogP contribution in [-0.2, 0) is 0 Å². The van der Waals surface area contributed by atoms with Crippen molar-refractivity contribution in [3.63, 3.8) is 0 Å². The van der Waals surface area contributed by atoms with Crippen LogP contribution in [0, 0.1) is 0 Å². The van der Waals surface area contributed by atoms with Crippen molar-refractivity contribution in [1.82, 2.24) is 0 Å². The smallest absolute Gasteiger partial charge is 0.0279 e. The Morgan fingerprint density at radius 3 is 2.90 bits per heavy atom. The van der Waals surface area contributed by atoms with E-state index in [1.807, 2.05) is 0 Å². The van der Waals surface area contributed by atoms with E-state index in [1.165, 1.54) is 36.8 Å².